The van der Waals surface area contributed by atoms with Gasteiger partial charge in [-0.3, -0.25) is 9.78 Å². The molecule has 5 heteroatoms. The Morgan fingerprint density at radius 3 is 2.85 bits per heavy atom. The van der Waals surface area contributed by atoms with Crippen LogP contribution in [0.15, 0.2) is 48.8 Å². The SMILES string of the molecule is O=C([C@H]1COc2ccccc2C1)N1CCC(OCc2cccnc2)CC1. The molecule has 0 N–H and O–H groups in total. The van der Waals surface area contributed by atoms with Crippen molar-refractivity contribution in [3.63, 3.8) is 0 Å². The minimum Gasteiger partial charge on any atom is -0.492 e. The number of para-hydroxylation sites is 1. The quantitative estimate of drug-likeness (QED) is 0.849. The number of carbonyl (C=O) groups excluding carboxylic acids is 1. The van der Waals surface area contributed by atoms with Gasteiger partial charge in [0.05, 0.1) is 18.6 Å². The van der Waals surface area contributed by atoms with Crippen molar-refractivity contribution in [1.82, 2.24) is 9.88 Å². The second-order valence-corrected chi connectivity index (χ2v) is 7.02. The summed E-state index contributed by atoms with van der Waals surface area (Å²) < 4.78 is 11.8. The highest BCUT2D eigenvalue weighted by atomic mass is 16.5. The number of piperidine rings is 1. The van der Waals surface area contributed by atoms with Gasteiger partial charge in [-0.1, -0.05) is 24.3 Å². The highest BCUT2D eigenvalue weighted by Crippen LogP contribution is 2.28. The van der Waals surface area contributed by atoms with Crippen LogP contribution in [0.1, 0.15) is 24.0 Å². The van der Waals surface area contributed by atoms with Crippen LogP contribution in [0.5, 0.6) is 5.75 Å². The lowest BCUT2D eigenvalue weighted by Gasteiger charge is -2.35. The van der Waals surface area contributed by atoms with E-state index in [4.69, 9.17) is 9.47 Å². The molecule has 1 amide bonds. The smallest absolute Gasteiger partial charge is 0.229 e. The molecule has 0 bridgehead atoms. The fourth-order valence-electron chi connectivity index (χ4n) is 3.69. The second-order valence-electron chi connectivity index (χ2n) is 7.02. The van der Waals surface area contributed by atoms with Crippen molar-refractivity contribution >= 4 is 5.91 Å². The van der Waals surface area contributed by atoms with Crippen molar-refractivity contribution in [1.29, 1.82) is 0 Å². The molecule has 0 saturated carbocycles. The molecule has 1 atom stereocenters. The number of benzene rings is 1. The van der Waals surface area contributed by atoms with Gasteiger partial charge in [0.1, 0.15) is 12.4 Å². The molecular formula is C21H24N2O3. The Kier molecular flexibility index (Phi) is 5.16. The molecule has 1 saturated heterocycles. The van der Waals surface area contributed by atoms with Gasteiger partial charge < -0.3 is 14.4 Å². The number of amides is 1. The van der Waals surface area contributed by atoms with E-state index in [2.05, 4.69) is 4.98 Å². The van der Waals surface area contributed by atoms with Crippen LogP contribution in [0, 0.1) is 5.92 Å². The zero-order valence-electron chi connectivity index (χ0n) is 14.8. The number of carbonyl (C=O) groups is 1. The summed E-state index contributed by atoms with van der Waals surface area (Å²) in [4.78, 5) is 18.9. The van der Waals surface area contributed by atoms with Crippen molar-refractivity contribution in [2.75, 3.05) is 19.7 Å². The maximum Gasteiger partial charge on any atom is 0.229 e. The average Bonchev–Trinajstić information content (AvgIpc) is 2.72. The van der Waals surface area contributed by atoms with Gasteiger partial charge in [0.25, 0.3) is 0 Å². The van der Waals surface area contributed by atoms with E-state index in [9.17, 15) is 4.79 Å². The van der Waals surface area contributed by atoms with E-state index in [1.807, 2.05) is 47.5 Å². The lowest BCUT2D eigenvalue weighted by atomic mass is 9.94. The molecule has 3 heterocycles. The van der Waals surface area contributed by atoms with Crippen molar-refractivity contribution in [3.8, 4) is 5.75 Å². The van der Waals surface area contributed by atoms with E-state index < -0.39 is 0 Å². The third-order valence-electron chi connectivity index (χ3n) is 5.19. The molecule has 1 aromatic carbocycles. The number of fused-ring (bicyclic) bond motifs is 1. The Hall–Kier alpha value is -2.40. The summed E-state index contributed by atoms with van der Waals surface area (Å²) in [6, 6.07) is 11.9. The van der Waals surface area contributed by atoms with Gasteiger partial charge in [-0.25, -0.2) is 0 Å². The Morgan fingerprint density at radius 2 is 2.04 bits per heavy atom. The number of nitrogens with zero attached hydrogens (tertiary/aromatic N) is 2. The molecule has 0 radical (unpaired) electrons. The molecule has 1 aromatic heterocycles. The second kappa shape index (κ2) is 7.87. The van der Waals surface area contributed by atoms with E-state index >= 15 is 0 Å². The van der Waals surface area contributed by atoms with Crippen LogP contribution in [0.25, 0.3) is 0 Å². The Balaban J connectivity index is 1.26. The molecule has 2 aliphatic rings. The van der Waals surface area contributed by atoms with Crippen molar-refractivity contribution in [3.05, 3.63) is 59.9 Å². The number of aromatic nitrogens is 1. The predicted octanol–water partition coefficient (Wildman–Crippen LogP) is 2.84. The highest BCUT2D eigenvalue weighted by Gasteiger charge is 2.31. The molecular weight excluding hydrogens is 328 g/mol. The monoisotopic (exact) mass is 352 g/mol. The zero-order valence-corrected chi connectivity index (χ0v) is 14.8. The summed E-state index contributed by atoms with van der Waals surface area (Å²) in [5.41, 5.74) is 2.22. The largest absolute Gasteiger partial charge is 0.492 e. The molecule has 4 rings (SSSR count). The zero-order chi connectivity index (χ0) is 17.8. The van der Waals surface area contributed by atoms with Crippen LogP contribution < -0.4 is 4.74 Å². The van der Waals surface area contributed by atoms with Crippen LogP contribution >= 0.6 is 0 Å². The number of hydrogen-bond acceptors (Lipinski definition) is 4. The first-order valence-corrected chi connectivity index (χ1v) is 9.29. The minimum absolute atomic E-state index is 0.0715. The first-order chi connectivity index (χ1) is 12.8. The van der Waals surface area contributed by atoms with Gasteiger partial charge >= 0.3 is 0 Å². The Morgan fingerprint density at radius 1 is 1.19 bits per heavy atom. The first kappa shape index (κ1) is 17.0. The molecule has 2 aliphatic heterocycles. The van der Waals surface area contributed by atoms with E-state index in [0.717, 1.165) is 49.2 Å². The topological polar surface area (TPSA) is 51.7 Å². The van der Waals surface area contributed by atoms with E-state index in [1.54, 1.807) is 6.20 Å². The van der Waals surface area contributed by atoms with E-state index in [-0.39, 0.29) is 17.9 Å². The first-order valence-electron chi connectivity index (χ1n) is 9.29. The summed E-state index contributed by atoms with van der Waals surface area (Å²) in [6.07, 6.45) is 6.35. The molecule has 136 valence electrons. The number of rotatable bonds is 4. The van der Waals surface area contributed by atoms with E-state index in [1.165, 1.54) is 0 Å². The standard InChI is InChI=1S/C21H24N2O3/c24-21(18-12-17-5-1-2-6-20(17)26-15-18)23-10-7-19(8-11-23)25-14-16-4-3-9-22-13-16/h1-6,9,13,18-19H,7-8,10-12,14-15H2/t18-/m1/s1. The molecule has 26 heavy (non-hydrogen) atoms. The maximum atomic E-state index is 12.8. The minimum atomic E-state index is -0.0715. The van der Waals surface area contributed by atoms with Gasteiger partial charge in [0, 0.05) is 25.5 Å². The maximum absolute atomic E-state index is 12.8. The average molecular weight is 352 g/mol. The lowest BCUT2D eigenvalue weighted by Crippen LogP contribution is -2.46. The number of pyridine rings is 1. The van der Waals surface area contributed by atoms with Crippen LogP contribution in [0.2, 0.25) is 0 Å². The van der Waals surface area contributed by atoms with Crippen LogP contribution in [-0.4, -0.2) is 41.6 Å². The van der Waals surface area contributed by atoms with Gasteiger partial charge in [-0.2, -0.15) is 0 Å². The normalized spacial score (nSPS) is 20.3. The van der Waals surface area contributed by atoms with Crippen molar-refractivity contribution in [2.45, 2.75) is 32.0 Å². The van der Waals surface area contributed by atoms with Crippen LogP contribution in [0.3, 0.4) is 0 Å². The summed E-state index contributed by atoms with van der Waals surface area (Å²) >= 11 is 0. The van der Waals surface area contributed by atoms with Crippen molar-refractivity contribution < 1.29 is 14.3 Å². The summed E-state index contributed by atoms with van der Waals surface area (Å²) in [6.45, 7) is 2.58. The van der Waals surface area contributed by atoms with Gasteiger partial charge in [-0.05, 0) is 42.5 Å². The lowest BCUT2D eigenvalue weighted by molar-refractivity contribution is -0.139. The number of ether oxygens (including phenoxy) is 2. The Bertz CT molecular complexity index is 742. The molecule has 0 aliphatic carbocycles. The molecule has 0 spiro atoms. The highest BCUT2D eigenvalue weighted by molar-refractivity contribution is 5.80. The van der Waals surface area contributed by atoms with E-state index in [0.29, 0.717) is 13.2 Å². The molecule has 0 unspecified atom stereocenters. The third-order valence-corrected chi connectivity index (χ3v) is 5.19. The summed E-state index contributed by atoms with van der Waals surface area (Å²) in [7, 11) is 0. The molecule has 5 nitrogen and oxygen atoms in total. The van der Waals surface area contributed by atoms with Gasteiger partial charge in [-0.15, -0.1) is 0 Å². The predicted molar refractivity (Wildman–Crippen MR) is 97.8 cm³/mol. The molecule has 1 fully saturated rings. The fourth-order valence-corrected chi connectivity index (χ4v) is 3.69. The fraction of sp³-hybridized carbons (Fsp3) is 0.429. The van der Waals surface area contributed by atoms with Crippen LogP contribution in [0.4, 0.5) is 0 Å². The van der Waals surface area contributed by atoms with Gasteiger partial charge in [0.2, 0.25) is 5.91 Å². The number of likely N-dealkylation sites (tertiary alicyclic amines) is 1. The van der Waals surface area contributed by atoms with Crippen molar-refractivity contribution in [2.24, 2.45) is 5.92 Å². The number of hydrogen-bond donors (Lipinski definition) is 0. The third kappa shape index (κ3) is 3.88. The summed E-state index contributed by atoms with van der Waals surface area (Å²) in [5, 5.41) is 0. The van der Waals surface area contributed by atoms with Crippen LogP contribution in [-0.2, 0) is 22.6 Å². The Labute approximate surface area is 153 Å². The summed E-state index contributed by atoms with van der Waals surface area (Å²) in [5.74, 6) is 1.06. The van der Waals surface area contributed by atoms with Gasteiger partial charge in [0.15, 0.2) is 0 Å². The molecule has 2 aromatic rings.